The third-order valence-electron chi connectivity index (χ3n) is 3.51. The lowest BCUT2D eigenvalue weighted by molar-refractivity contribution is 0.691. The summed E-state index contributed by atoms with van der Waals surface area (Å²) in [5.41, 5.74) is 9.36. The van der Waals surface area contributed by atoms with Crippen LogP contribution in [0.3, 0.4) is 0 Å². The zero-order chi connectivity index (χ0) is 14.8. The normalized spacial score (nSPS) is 13.0. The molecule has 4 nitrogen and oxygen atoms in total. The predicted molar refractivity (Wildman–Crippen MR) is 86.4 cm³/mol. The summed E-state index contributed by atoms with van der Waals surface area (Å²) in [6.07, 6.45) is 0.703. The van der Waals surface area contributed by atoms with Crippen LogP contribution in [0.15, 0.2) is 36.4 Å². The highest BCUT2D eigenvalue weighted by molar-refractivity contribution is 7.05. The molecule has 1 unspecified atom stereocenters. The summed E-state index contributed by atoms with van der Waals surface area (Å²) in [5, 5.41) is 5.35. The second-order valence-corrected chi connectivity index (χ2v) is 6.27. The highest BCUT2D eigenvalue weighted by Crippen LogP contribution is 2.27. The first-order valence-electron chi connectivity index (χ1n) is 7.07. The molecular formula is C16H18N4S. The summed E-state index contributed by atoms with van der Waals surface area (Å²) in [7, 11) is 0. The molecule has 5 heteroatoms. The van der Waals surface area contributed by atoms with Crippen LogP contribution < -0.4 is 5.73 Å². The highest BCUT2D eigenvalue weighted by atomic mass is 32.1. The Balaban J connectivity index is 1.85. The van der Waals surface area contributed by atoms with E-state index in [0.29, 0.717) is 12.3 Å². The monoisotopic (exact) mass is 298 g/mol. The van der Waals surface area contributed by atoms with Crippen LogP contribution in [0.4, 0.5) is 0 Å². The van der Waals surface area contributed by atoms with Crippen molar-refractivity contribution in [2.24, 2.45) is 5.73 Å². The lowest BCUT2D eigenvalue weighted by Crippen LogP contribution is -2.15. The van der Waals surface area contributed by atoms with Gasteiger partial charge in [0.1, 0.15) is 0 Å². The van der Waals surface area contributed by atoms with Gasteiger partial charge in [-0.25, -0.2) is 0 Å². The number of pyridine rings is 1. The minimum atomic E-state index is -0.101. The van der Waals surface area contributed by atoms with E-state index < -0.39 is 0 Å². The van der Waals surface area contributed by atoms with E-state index in [0.717, 1.165) is 27.2 Å². The van der Waals surface area contributed by atoms with E-state index in [-0.39, 0.29) is 6.04 Å². The summed E-state index contributed by atoms with van der Waals surface area (Å²) in [6.45, 7) is 4.22. The molecule has 0 amide bonds. The Labute approximate surface area is 128 Å². The van der Waals surface area contributed by atoms with E-state index in [4.69, 9.17) is 5.73 Å². The molecule has 2 N–H and O–H groups in total. The first-order valence-corrected chi connectivity index (χ1v) is 7.85. The fraction of sp³-hybridized carbons (Fsp3) is 0.312. The Morgan fingerprint density at radius 3 is 2.76 bits per heavy atom. The van der Waals surface area contributed by atoms with Gasteiger partial charge >= 0.3 is 0 Å². The van der Waals surface area contributed by atoms with Gasteiger partial charge < -0.3 is 5.73 Å². The first-order chi connectivity index (χ1) is 10.1. The van der Waals surface area contributed by atoms with Crippen LogP contribution >= 0.6 is 11.5 Å². The lowest BCUT2D eigenvalue weighted by Gasteiger charge is -2.12. The van der Waals surface area contributed by atoms with Crippen LogP contribution in [-0.4, -0.2) is 14.6 Å². The van der Waals surface area contributed by atoms with E-state index in [1.165, 1.54) is 11.5 Å². The highest BCUT2D eigenvalue weighted by Gasteiger charge is 2.18. The van der Waals surface area contributed by atoms with Crippen molar-refractivity contribution >= 4 is 22.4 Å². The number of fused-ring (bicyclic) bond motifs is 1. The maximum Gasteiger partial charge on any atom is 0.0829 e. The fourth-order valence-corrected chi connectivity index (χ4v) is 3.21. The Morgan fingerprint density at radius 1 is 1.14 bits per heavy atom. The van der Waals surface area contributed by atoms with Gasteiger partial charge in [-0.15, -0.1) is 5.10 Å². The topological polar surface area (TPSA) is 64.7 Å². The van der Waals surface area contributed by atoms with Crippen molar-refractivity contribution in [2.75, 3.05) is 0 Å². The number of nitrogens with two attached hydrogens (primary N) is 1. The number of aromatic nitrogens is 3. The second kappa shape index (κ2) is 5.87. The van der Waals surface area contributed by atoms with Gasteiger partial charge in [-0.1, -0.05) is 42.6 Å². The predicted octanol–water partition coefficient (Wildman–Crippen LogP) is 3.45. The Hall–Kier alpha value is -1.85. The Kier molecular flexibility index (Phi) is 3.94. The molecule has 0 bridgehead atoms. The molecule has 1 aromatic carbocycles. The maximum absolute atomic E-state index is 6.34. The molecular weight excluding hydrogens is 280 g/mol. The fourth-order valence-electron chi connectivity index (χ4n) is 2.40. The number of benzene rings is 1. The van der Waals surface area contributed by atoms with Crippen molar-refractivity contribution in [3.8, 4) is 0 Å². The molecule has 0 fully saturated rings. The van der Waals surface area contributed by atoms with Crippen LogP contribution in [0.5, 0.6) is 0 Å². The summed E-state index contributed by atoms with van der Waals surface area (Å²) in [6, 6.07) is 12.2. The largest absolute Gasteiger partial charge is 0.323 e. The molecule has 108 valence electrons. The molecule has 3 rings (SSSR count). The molecule has 2 heterocycles. The van der Waals surface area contributed by atoms with E-state index in [1.807, 2.05) is 24.3 Å². The van der Waals surface area contributed by atoms with Crippen LogP contribution in [0.2, 0.25) is 0 Å². The summed E-state index contributed by atoms with van der Waals surface area (Å²) < 4.78 is 4.05. The molecule has 0 aliphatic heterocycles. The van der Waals surface area contributed by atoms with Gasteiger partial charge in [0.15, 0.2) is 0 Å². The third kappa shape index (κ3) is 2.94. The summed E-state index contributed by atoms with van der Waals surface area (Å²) in [4.78, 5) is 5.75. The third-order valence-corrected chi connectivity index (χ3v) is 4.38. The number of hydrogen-bond donors (Lipinski definition) is 1. The zero-order valence-corrected chi connectivity index (χ0v) is 13.0. The van der Waals surface area contributed by atoms with Gasteiger partial charge in [0.2, 0.25) is 0 Å². The first kappa shape index (κ1) is 14.1. The number of rotatable bonds is 4. The van der Waals surface area contributed by atoms with Gasteiger partial charge in [-0.05, 0) is 29.6 Å². The van der Waals surface area contributed by atoms with Gasteiger partial charge in [0, 0.05) is 23.5 Å². The van der Waals surface area contributed by atoms with Gasteiger partial charge in [0.25, 0.3) is 0 Å². The van der Waals surface area contributed by atoms with Gasteiger partial charge in [0.05, 0.1) is 16.1 Å². The summed E-state index contributed by atoms with van der Waals surface area (Å²) in [5.74, 6) is 0.342. The molecule has 2 aromatic heterocycles. The average Bonchev–Trinajstić information content (AvgIpc) is 2.97. The number of para-hydroxylation sites is 1. The average molecular weight is 298 g/mol. The van der Waals surface area contributed by atoms with Gasteiger partial charge in [-0.2, -0.15) is 0 Å². The van der Waals surface area contributed by atoms with Crippen LogP contribution in [0.25, 0.3) is 10.9 Å². The van der Waals surface area contributed by atoms with Crippen molar-refractivity contribution in [1.29, 1.82) is 0 Å². The molecule has 0 saturated heterocycles. The number of hydrogen-bond acceptors (Lipinski definition) is 5. The molecule has 1 atom stereocenters. The second-order valence-electron chi connectivity index (χ2n) is 5.48. The molecule has 0 saturated carbocycles. The van der Waals surface area contributed by atoms with E-state index >= 15 is 0 Å². The quantitative estimate of drug-likeness (QED) is 0.801. The smallest absolute Gasteiger partial charge is 0.0829 e. The molecule has 21 heavy (non-hydrogen) atoms. The van der Waals surface area contributed by atoms with Crippen LogP contribution in [0.1, 0.15) is 42.1 Å². The lowest BCUT2D eigenvalue weighted by atomic mass is 10.0. The van der Waals surface area contributed by atoms with Gasteiger partial charge in [-0.3, -0.25) is 4.98 Å². The molecule has 3 aromatic rings. The maximum atomic E-state index is 6.34. The SMILES string of the molecule is CC(C)c1nnsc1C(N)Cc1ccc2ccccc2n1. The van der Waals surface area contributed by atoms with Crippen molar-refractivity contribution in [3.63, 3.8) is 0 Å². The van der Waals surface area contributed by atoms with Crippen molar-refractivity contribution < 1.29 is 0 Å². The summed E-state index contributed by atoms with van der Waals surface area (Å²) >= 11 is 1.39. The van der Waals surface area contributed by atoms with E-state index in [1.54, 1.807) is 0 Å². The van der Waals surface area contributed by atoms with Crippen LogP contribution in [-0.2, 0) is 6.42 Å². The number of nitrogens with zero attached hydrogens (tertiary/aromatic N) is 3. The molecule has 0 aliphatic carbocycles. The van der Waals surface area contributed by atoms with Crippen molar-refractivity contribution in [3.05, 3.63) is 52.7 Å². The van der Waals surface area contributed by atoms with E-state index in [2.05, 4.69) is 40.6 Å². The standard InChI is InChI=1S/C16H18N4S/c1-10(2)15-16(21-20-19-15)13(17)9-12-8-7-11-5-3-4-6-14(11)18-12/h3-8,10,13H,9,17H2,1-2H3. The van der Waals surface area contributed by atoms with Crippen molar-refractivity contribution in [1.82, 2.24) is 14.6 Å². The minimum Gasteiger partial charge on any atom is -0.323 e. The molecule has 0 aliphatic rings. The van der Waals surface area contributed by atoms with E-state index in [9.17, 15) is 0 Å². The Bertz CT molecular complexity index is 751. The molecule has 0 spiro atoms. The van der Waals surface area contributed by atoms with Crippen molar-refractivity contribution in [2.45, 2.75) is 32.2 Å². The van der Waals surface area contributed by atoms with Crippen LogP contribution in [0, 0.1) is 0 Å². The Morgan fingerprint density at radius 2 is 1.95 bits per heavy atom. The molecule has 0 radical (unpaired) electrons. The minimum absolute atomic E-state index is 0.101. The zero-order valence-electron chi connectivity index (χ0n) is 12.2.